The maximum atomic E-state index is 12.8. The molecule has 11 nitrogen and oxygen atoms in total. The lowest BCUT2D eigenvalue weighted by atomic mass is 9.51. The van der Waals surface area contributed by atoms with Crippen LogP contribution in [0.25, 0.3) is 0 Å². The number of nitrogens with one attached hydrogen (secondary N) is 1. The summed E-state index contributed by atoms with van der Waals surface area (Å²) in [5.41, 5.74) is -1.01. The van der Waals surface area contributed by atoms with Crippen molar-refractivity contribution < 1.29 is 39.5 Å². The number of carbonyl (C=O) groups is 2. The molecule has 11 heteroatoms. The first-order valence-corrected chi connectivity index (χ1v) is 12.2. The standard InChI is InChI=1S/C23H33N3O8/c24-9-14-2-1-3-26(14)15(27)10-25-22-5-12-4-13(6-22)8-23(7-12,11-22)34-21-18(30)16(28)17(29)19(33-21)20(31)32/h12-14,16-19,21,25,28-30H,1-8,10-11H2,(H,31,32)/t12?,13?,14-,16+,17+,18-,19+,21+,22?,23?/m1/s1. The van der Waals surface area contributed by atoms with Crippen LogP contribution in [0, 0.1) is 23.2 Å². The van der Waals surface area contributed by atoms with Crippen molar-refractivity contribution in [1.29, 1.82) is 5.26 Å². The van der Waals surface area contributed by atoms with Crippen LogP contribution in [0.2, 0.25) is 0 Å². The first kappa shape index (κ1) is 23.9. The van der Waals surface area contributed by atoms with Crippen LogP contribution >= 0.6 is 0 Å². The molecule has 2 saturated heterocycles. The number of carbonyl (C=O) groups excluding carboxylic acids is 1. The summed E-state index contributed by atoms with van der Waals surface area (Å²) in [7, 11) is 0. The van der Waals surface area contributed by atoms with Crippen LogP contribution in [-0.2, 0) is 19.1 Å². The van der Waals surface area contributed by atoms with E-state index in [1.807, 2.05) is 0 Å². The van der Waals surface area contributed by atoms with E-state index in [1.54, 1.807) is 4.90 Å². The first-order chi connectivity index (χ1) is 16.1. The van der Waals surface area contributed by atoms with Gasteiger partial charge in [-0.25, -0.2) is 4.79 Å². The molecule has 2 heterocycles. The average Bonchev–Trinajstić information content (AvgIpc) is 3.26. The van der Waals surface area contributed by atoms with E-state index in [4.69, 9.17) is 9.47 Å². The lowest BCUT2D eigenvalue weighted by Crippen LogP contribution is -2.68. The van der Waals surface area contributed by atoms with Crippen LogP contribution in [0.4, 0.5) is 0 Å². The van der Waals surface area contributed by atoms with E-state index in [-0.39, 0.29) is 24.0 Å². The third-order valence-electron chi connectivity index (χ3n) is 8.52. The van der Waals surface area contributed by atoms with Crippen LogP contribution in [0.5, 0.6) is 0 Å². The lowest BCUT2D eigenvalue weighted by Gasteiger charge is -2.62. The van der Waals surface area contributed by atoms with Gasteiger partial charge in [-0.1, -0.05) is 0 Å². The van der Waals surface area contributed by atoms with Gasteiger partial charge >= 0.3 is 5.97 Å². The molecule has 4 saturated carbocycles. The zero-order valence-electron chi connectivity index (χ0n) is 19.0. The summed E-state index contributed by atoms with van der Waals surface area (Å²) < 4.78 is 11.7. The molecule has 34 heavy (non-hydrogen) atoms. The Morgan fingerprint density at radius 1 is 1.12 bits per heavy atom. The van der Waals surface area contributed by atoms with Crippen molar-refractivity contribution in [2.45, 2.75) is 99.3 Å². The molecule has 0 aromatic heterocycles. The Balaban J connectivity index is 1.29. The lowest BCUT2D eigenvalue weighted by molar-refractivity contribution is -0.337. The molecule has 4 aliphatic carbocycles. The zero-order chi connectivity index (χ0) is 24.3. The quantitative estimate of drug-likeness (QED) is 0.321. The molecule has 5 N–H and O–H groups in total. The summed E-state index contributed by atoms with van der Waals surface area (Å²) in [6.45, 7) is 0.738. The molecule has 6 fully saturated rings. The van der Waals surface area contributed by atoms with Gasteiger partial charge in [0.15, 0.2) is 12.4 Å². The van der Waals surface area contributed by atoms with Gasteiger partial charge in [0, 0.05) is 12.1 Å². The fourth-order valence-electron chi connectivity index (χ4n) is 7.48. The molecular weight excluding hydrogens is 446 g/mol. The Morgan fingerprint density at radius 3 is 2.47 bits per heavy atom. The number of ether oxygens (including phenoxy) is 2. The molecule has 8 atom stereocenters. The van der Waals surface area contributed by atoms with Gasteiger partial charge in [-0.15, -0.1) is 0 Å². The second-order valence-corrected chi connectivity index (χ2v) is 11.0. The summed E-state index contributed by atoms with van der Waals surface area (Å²) in [4.78, 5) is 26.0. The van der Waals surface area contributed by atoms with Crippen LogP contribution in [0.1, 0.15) is 51.4 Å². The van der Waals surface area contributed by atoms with Gasteiger partial charge < -0.3 is 40.1 Å². The predicted molar refractivity (Wildman–Crippen MR) is 114 cm³/mol. The van der Waals surface area contributed by atoms with Crippen molar-refractivity contribution in [3.05, 3.63) is 0 Å². The highest BCUT2D eigenvalue weighted by Gasteiger charge is 2.60. The topological polar surface area (TPSA) is 173 Å². The van der Waals surface area contributed by atoms with Gasteiger partial charge in [0.2, 0.25) is 5.91 Å². The molecule has 0 aromatic carbocycles. The fourth-order valence-corrected chi connectivity index (χ4v) is 7.48. The van der Waals surface area contributed by atoms with Gasteiger partial charge in [0.25, 0.3) is 0 Å². The van der Waals surface area contributed by atoms with Crippen molar-refractivity contribution >= 4 is 11.9 Å². The second-order valence-electron chi connectivity index (χ2n) is 11.0. The zero-order valence-corrected chi connectivity index (χ0v) is 19.0. The molecule has 2 unspecified atom stereocenters. The van der Waals surface area contributed by atoms with Crippen LogP contribution in [0.3, 0.4) is 0 Å². The van der Waals surface area contributed by atoms with E-state index in [9.17, 15) is 35.3 Å². The SMILES string of the molecule is N#C[C@H]1CCCN1C(=O)CNC12CC3CC(C1)CC(O[C@@H]1O[C@H](C(=O)O)[C@@H](O)[C@H](O)[C@H]1O)(C3)C2. The molecular formula is C23H33N3O8. The van der Waals surface area contributed by atoms with Gasteiger partial charge in [0.05, 0.1) is 18.2 Å². The number of carboxylic acids is 1. The number of aliphatic hydroxyl groups excluding tert-OH is 3. The van der Waals surface area contributed by atoms with E-state index in [1.165, 1.54) is 0 Å². The minimum Gasteiger partial charge on any atom is -0.479 e. The predicted octanol–water partition coefficient (Wildman–Crippen LogP) is -0.909. The highest BCUT2D eigenvalue weighted by Crippen LogP contribution is 2.59. The summed E-state index contributed by atoms with van der Waals surface area (Å²) >= 11 is 0. The van der Waals surface area contributed by atoms with E-state index in [2.05, 4.69) is 11.4 Å². The minimum absolute atomic E-state index is 0.0813. The molecule has 0 spiro atoms. The third kappa shape index (κ3) is 4.10. The highest BCUT2D eigenvalue weighted by molar-refractivity contribution is 5.79. The van der Waals surface area contributed by atoms with Crippen molar-refractivity contribution in [1.82, 2.24) is 10.2 Å². The number of hydrogen-bond acceptors (Lipinski definition) is 9. The van der Waals surface area contributed by atoms with Gasteiger partial charge in [-0.05, 0) is 63.2 Å². The largest absolute Gasteiger partial charge is 0.479 e. The van der Waals surface area contributed by atoms with Crippen LogP contribution in [-0.4, -0.2) is 98.2 Å². The smallest absolute Gasteiger partial charge is 0.335 e. The number of carboxylic acid groups (broad SMARTS) is 1. The Bertz CT molecular complexity index is 863. The van der Waals surface area contributed by atoms with Gasteiger partial charge in [-0.2, -0.15) is 5.26 Å². The third-order valence-corrected chi connectivity index (χ3v) is 8.52. The summed E-state index contributed by atoms with van der Waals surface area (Å²) in [6, 6.07) is 1.84. The van der Waals surface area contributed by atoms with Crippen molar-refractivity contribution in [3.8, 4) is 6.07 Å². The molecule has 1 amide bonds. The number of nitriles is 1. The highest BCUT2D eigenvalue weighted by atomic mass is 16.7. The normalized spacial score (nSPS) is 47.5. The van der Waals surface area contributed by atoms with Crippen molar-refractivity contribution in [2.75, 3.05) is 13.1 Å². The average molecular weight is 480 g/mol. The van der Waals surface area contributed by atoms with Gasteiger partial charge in [-0.3, -0.25) is 4.79 Å². The number of aliphatic carboxylic acids is 1. The molecule has 0 radical (unpaired) electrons. The van der Waals surface area contributed by atoms with Gasteiger partial charge in [0.1, 0.15) is 24.4 Å². The Hall–Kier alpha value is -1.81. The van der Waals surface area contributed by atoms with Crippen molar-refractivity contribution in [2.24, 2.45) is 11.8 Å². The Kier molecular flexibility index (Phi) is 6.11. The first-order valence-electron chi connectivity index (χ1n) is 12.2. The molecule has 2 aliphatic heterocycles. The monoisotopic (exact) mass is 479 g/mol. The molecule has 4 bridgehead atoms. The molecule has 0 aromatic rings. The summed E-state index contributed by atoms with van der Waals surface area (Å²) in [6.07, 6.45) is -1.70. The van der Waals surface area contributed by atoms with Crippen molar-refractivity contribution in [3.63, 3.8) is 0 Å². The van der Waals surface area contributed by atoms with Crippen LogP contribution < -0.4 is 5.32 Å². The molecule has 6 rings (SSSR count). The maximum Gasteiger partial charge on any atom is 0.335 e. The Labute approximate surface area is 197 Å². The molecule has 6 aliphatic rings. The maximum absolute atomic E-state index is 12.8. The molecule has 188 valence electrons. The van der Waals surface area contributed by atoms with E-state index in [0.29, 0.717) is 31.2 Å². The summed E-state index contributed by atoms with van der Waals surface area (Å²) in [5, 5.41) is 52.8. The Morgan fingerprint density at radius 2 is 1.82 bits per heavy atom. The number of hydrogen-bond donors (Lipinski definition) is 5. The number of nitrogens with zero attached hydrogens (tertiary/aromatic N) is 2. The van der Waals surface area contributed by atoms with E-state index >= 15 is 0 Å². The van der Waals surface area contributed by atoms with E-state index in [0.717, 1.165) is 38.5 Å². The number of likely N-dealkylation sites (tertiary alicyclic amines) is 1. The number of rotatable bonds is 6. The van der Waals surface area contributed by atoms with E-state index < -0.39 is 42.3 Å². The number of aliphatic hydroxyl groups is 3. The second kappa shape index (κ2) is 8.69. The number of amides is 1. The fraction of sp³-hybridized carbons (Fsp3) is 0.870. The summed E-state index contributed by atoms with van der Waals surface area (Å²) in [5.74, 6) is -0.808. The minimum atomic E-state index is -1.76. The van der Waals surface area contributed by atoms with Crippen LogP contribution in [0.15, 0.2) is 0 Å².